The number of fused-ring (bicyclic) bond motifs is 2. The molecule has 0 spiro atoms. The summed E-state index contributed by atoms with van der Waals surface area (Å²) in [7, 11) is 0. The number of carbonyl (C=O) groups is 2. The Bertz CT molecular complexity index is 680. The summed E-state index contributed by atoms with van der Waals surface area (Å²) in [5.41, 5.74) is 4.71. The number of carbonyl (C=O) groups excluding carboxylic acids is 1. The highest BCUT2D eigenvalue weighted by Gasteiger charge is 2.52. The van der Waals surface area contributed by atoms with Crippen LogP contribution in [-0.2, 0) is 22.4 Å². The van der Waals surface area contributed by atoms with Crippen LogP contribution in [0.4, 0.5) is 0 Å². The van der Waals surface area contributed by atoms with Crippen molar-refractivity contribution in [1.29, 1.82) is 0 Å². The number of hydrogen-bond donors (Lipinski definition) is 1. The third kappa shape index (κ3) is 2.04. The van der Waals surface area contributed by atoms with Crippen LogP contribution < -0.4 is 0 Å². The van der Waals surface area contributed by atoms with Gasteiger partial charge in [0.2, 0.25) is 5.91 Å². The molecule has 4 rings (SSSR count). The molecule has 1 aliphatic heterocycles. The Morgan fingerprint density at radius 3 is 2.90 bits per heavy atom. The minimum absolute atomic E-state index is 0.0647. The monoisotopic (exact) mass is 284 g/mol. The van der Waals surface area contributed by atoms with Gasteiger partial charge < -0.3 is 5.11 Å². The van der Waals surface area contributed by atoms with Crippen LogP contribution in [-0.4, -0.2) is 34.2 Å². The van der Waals surface area contributed by atoms with E-state index in [0.717, 1.165) is 35.5 Å². The summed E-state index contributed by atoms with van der Waals surface area (Å²) in [6.07, 6.45) is 4.23. The molecule has 21 heavy (non-hydrogen) atoms. The van der Waals surface area contributed by atoms with Gasteiger partial charge in [0.05, 0.1) is 5.71 Å². The van der Waals surface area contributed by atoms with Gasteiger partial charge in [-0.3, -0.25) is 9.59 Å². The lowest BCUT2D eigenvalue weighted by Gasteiger charge is -2.22. The molecule has 5 heteroatoms. The third-order valence-electron chi connectivity index (χ3n) is 4.62. The van der Waals surface area contributed by atoms with Gasteiger partial charge in [-0.1, -0.05) is 12.1 Å². The van der Waals surface area contributed by atoms with E-state index in [0.29, 0.717) is 0 Å². The number of hydrazone groups is 1. The van der Waals surface area contributed by atoms with Crippen LogP contribution in [0.5, 0.6) is 0 Å². The SMILES string of the molecule is O=C(O)CN1N=C(c2ccc3c(c2)CCC3)[C@@H]2C[C@H]2C1=O. The largest absolute Gasteiger partial charge is 0.480 e. The Morgan fingerprint density at radius 2 is 2.10 bits per heavy atom. The first kappa shape index (κ1) is 12.6. The fourth-order valence-corrected chi connectivity index (χ4v) is 3.46. The zero-order valence-corrected chi connectivity index (χ0v) is 11.6. The molecule has 1 aromatic rings. The highest BCUT2D eigenvalue weighted by molar-refractivity contribution is 6.10. The van der Waals surface area contributed by atoms with Crippen molar-refractivity contribution in [2.45, 2.75) is 25.7 Å². The molecule has 5 nitrogen and oxygen atoms in total. The Morgan fingerprint density at radius 1 is 1.29 bits per heavy atom. The van der Waals surface area contributed by atoms with Crippen molar-refractivity contribution in [3.63, 3.8) is 0 Å². The fourth-order valence-electron chi connectivity index (χ4n) is 3.46. The predicted octanol–water partition coefficient (Wildman–Crippen LogP) is 1.44. The van der Waals surface area contributed by atoms with Crippen molar-refractivity contribution < 1.29 is 14.7 Å². The van der Waals surface area contributed by atoms with Crippen molar-refractivity contribution in [2.24, 2.45) is 16.9 Å². The summed E-state index contributed by atoms with van der Waals surface area (Å²) in [4.78, 5) is 22.9. The van der Waals surface area contributed by atoms with Gasteiger partial charge in [0.25, 0.3) is 0 Å². The molecule has 1 aromatic carbocycles. The van der Waals surface area contributed by atoms with Gasteiger partial charge in [-0.05, 0) is 48.4 Å². The van der Waals surface area contributed by atoms with Gasteiger partial charge in [-0.25, -0.2) is 5.01 Å². The highest BCUT2D eigenvalue weighted by Crippen LogP contribution is 2.46. The lowest BCUT2D eigenvalue weighted by atomic mass is 9.99. The van der Waals surface area contributed by atoms with E-state index in [2.05, 4.69) is 23.3 Å². The van der Waals surface area contributed by atoms with Crippen LogP contribution in [0.15, 0.2) is 23.3 Å². The molecule has 0 bridgehead atoms. The Kier molecular flexibility index (Phi) is 2.64. The molecule has 0 unspecified atom stereocenters. The van der Waals surface area contributed by atoms with Crippen molar-refractivity contribution >= 4 is 17.6 Å². The van der Waals surface area contributed by atoms with Crippen molar-refractivity contribution in [2.75, 3.05) is 6.54 Å². The quantitative estimate of drug-likeness (QED) is 0.913. The number of carboxylic acids is 1. The number of nitrogens with zero attached hydrogens (tertiary/aromatic N) is 2. The lowest BCUT2D eigenvalue weighted by molar-refractivity contribution is -0.145. The van der Waals surface area contributed by atoms with Gasteiger partial charge in [0.1, 0.15) is 6.54 Å². The third-order valence-corrected chi connectivity index (χ3v) is 4.62. The smallest absolute Gasteiger partial charge is 0.325 e. The summed E-state index contributed by atoms with van der Waals surface area (Å²) in [6.45, 7) is -0.351. The number of benzene rings is 1. The molecule has 3 aliphatic rings. The summed E-state index contributed by atoms with van der Waals surface area (Å²) in [5.74, 6) is -1.06. The number of aliphatic carboxylic acids is 1. The van der Waals surface area contributed by atoms with E-state index in [9.17, 15) is 9.59 Å². The van der Waals surface area contributed by atoms with Crippen molar-refractivity contribution in [3.05, 3.63) is 34.9 Å². The molecule has 1 amide bonds. The second-order valence-electron chi connectivity index (χ2n) is 6.06. The molecular weight excluding hydrogens is 268 g/mol. The summed E-state index contributed by atoms with van der Waals surface area (Å²) >= 11 is 0. The molecule has 108 valence electrons. The number of amides is 1. The molecular formula is C16H16N2O3. The van der Waals surface area contributed by atoms with Gasteiger partial charge in [0.15, 0.2) is 0 Å². The summed E-state index contributed by atoms with van der Waals surface area (Å²) in [5, 5.41) is 14.4. The minimum Gasteiger partial charge on any atom is -0.480 e. The number of carboxylic acid groups (broad SMARTS) is 1. The standard InChI is InChI=1S/C16H16N2O3/c19-14(20)8-18-16(21)13-7-12(13)15(17-18)11-5-4-9-2-1-3-10(9)6-11/h4-6,12-13H,1-3,7-8H2,(H,19,20)/t12-,13-/m1/s1. The Labute approximate surface area is 122 Å². The molecule has 1 N–H and O–H groups in total. The lowest BCUT2D eigenvalue weighted by Crippen LogP contribution is -2.37. The summed E-state index contributed by atoms with van der Waals surface area (Å²) in [6, 6.07) is 6.38. The molecule has 1 saturated carbocycles. The number of rotatable bonds is 3. The summed E-state index contributed by atoms with van der Waals surface area (Å²) < 4.78 is 0. The van der Waals surface area contributed by atoms with Crippen LogP contribution in [0.25, 0.3) is 0 Å². The first-order chi connectivity index (χ1) is 10.1. The van der Waals surface area contributed by atoms with E-state index in [1.165, 1.54) is 17.5 Å². The van der Waals surface area contributed by atoms with Crippen LogP contribution in [0.2, 0.25) is 0 Å². The van der Waals surface area contributed by atoms with Crippen molar-refractivity contribution in [3.8, 4) is 0 Å². The van der Waals surface area contributed by atoms with Gasteiger partial charge >= 0.3 is 5.97 Å². The van der Waals surface area contributed by atoms with E-state index in [1.807, 2.05) is 0 Å². The van der Waals surface area contributed by atoms with Crippen LogP contribution in [0.1, 0.15) is 29.5 Å². The zero-order chi connectivity index (χ0) is 14.6. The van der Waals surface area contributed by atoms with Crippen molar-refractivity contribution in [1.82, 2.24) is 5.01 Å². The van der Waals surface area contributed by atoms with Crippen LogP contribution in [0, 0.1) is 11.8 Å². The normalized spacial score (nSPS) is 26.2. The molecule has 1 heterocycles. The van der Waals surface area contributed by atoms with Gasteiger partial charge in [-0.15, -0.1) is 0 Å². The van der Waals surface area contributed by atoms with E-state index < -0.39 is 5.97 Å². The van der Waals surface area contributed by atoms with Crippen LogP contribution in [0.3, 0.4) is 0 Å². The maximum absolute atomic E-state index is 12.0. The second kappa shape index (κ2) is 4.41. The second-order valence-corrected chi connectivity index (χ2v) is 6.06. The molecule has 2 aliphatic carbocycles. The average molecular weight is 284 g/mol. The molecule has 0 aromatic heterocycles. The maximum atomic E-state index is 12.0. The maximum Gasteiger partial charge on any atom is 0.325 e. The molecule has 0 radical (unpaired) electrons. The molecule has 0 saturated heterocycles. The minimum atomic E-state index is -1.03. The molecule has 2 atom stereocenters. The van der Waals surface area contributed by atoms with E-state index in [4.69, 9.17) is 5.11 Å². The fraction of sp³-hybridized carbons (Fsp3) is 0.438. The number of aryl methyl sites for hydroxylation is 2. The first-order valence-corrected chi connectivity index (χ1v) is 7.37. The van der Waals surface area contributed by atoms with Gasteiger partial charge in [0, 0.05) is 11.8 Å². The molecule has 1 fully saturated rings. The van der Waals surface area contributed by atoms with Gasteiger partial charge in [-0.2, -0.15) is 5.10 Å². The Hall–Kier alpha value is -2.17. The number of hydrogen-bond acceptors (Lipinski definition) is 3. The van der Waals surface area contributed by atoms with E-state index in [-0.39, 0.29) is 24.3 Å². The first-order valence-electron chi connectivity index (χ1n) is 7.37. The topological polar surface area (TPSA) is 70.0 Å². The van der Waals surface area contributed by atoms with Crippen LogP contribution >= 0.6 is 0 Å². The van der Waals surface area contributed by atoms with E-state index >= 15 is 0 Å². The van der Waals surface area contributed by atoms with E-state index in [1.54, 1.807) is 0 Å². The zero-order valence-electron chi connectivity index (χ0n) is 11.6. The predicted molar refractivity (Wildman–Crippen MR) is 75.9 cm³/mol. The average Bonchev–Trinajstić information content (AvgIpc) is 3.11. The highest BCUT2D eigenvalue weighted by atomic mass is 16.4. The Balaban J connectivity index is 1.70.